The molecular weight excluding hydrogens is 400 g/mol. The van der Waals surface area contributed by atoms with Gasteiger partial charge >= 0.3 is 5.97 Å². The van der Waals surface area contributed by atoms with Crippen molar-refractivity contribution in [2.24, 2.45) is 0 Å². The smallest absolute Gasteiger partial charge is 0.339 e. The standard InChI is InChI=1S/C11H8Br2N2O3S/c1-4-8(11(17)18)6(3-14-4)15-10(16)7-2-5(12)9(13)19-7/h2-3,14H,1H3,(H,15,16)(H,17,18). The highest BCUT2D eigenvalue weighted by Crippen LogP contribution is 2.33. The number of halogens is 2. The Labute approximate surface area is 129 Å². The Hall–Kier alpha value is -1.12. The molecule has 2 aromatic rings. The predicted octanol–water partition coefficient (Wildman–Crippen LogP) is 3.86. The van der Waals surface area contributed by atoms with E-state index in [1.165, 1.54) is 17.5 Å². The number of aromatic amines is 1. The molecule has 0 spiro atoms. The molecule has 0 saturated carbocycles. The number of carboxylic acid groups (broad SMARTS) is 1. The van der Waals surface area contributed by atoms with Crippen molar-refractivity contribution in [2.45, 2.75) is 6.92 Å². The van der Waals surface area contributed by atoms with Crippen LogP contribution in [-0.2, 0) is 0 Å². The van der Waals surface area contributed by atoms with Crippen LogP contribution in [0.15, 0.2) is 20.5 Å². The Morgan fingerprint density at radius 2 is 2.11 bits per heavy atom. The van der Waals surface area contributed by atoms with E-state index in [0.717, 1.165) is 8.26 Å². The molecule has 0 radical (unpaired) electrons. The lowest BCUT2D eigenvalue weighted by Crippen LogP contribution is -2.12. The normalized spacial score (nSPS) is 10.5. The zero-order valence-corrected chi connectivity index (χ0v) is 13.6. The molecule has 0 aliphatic rings. The van der Waals surface area contributed by atoms with Gasteiger partial charge in [0.1, 0.15) is 5.56 Å². The van der Waals surface area contributed by atoms with Crippen molar-refractivity contribution < 1.29 is 14.7 Å². The Kier molecular flexibility index (Phi) is 4.12. The molecule has 2 heterocycles. The van der Waals surface area contributed by atoms with E-state index in [0.29, 0.717) is 10.6 Å². The molecule has 2 aromatic heterocycles. The third-order valence-electron chi connectivity index (χ3n) is 2.41. The molecule has 5 nitrogen and oxygen atoms in total. The molecule has 8 heteroatoms. The molecule has 2 rings (SSSR count). The first-order chi connectivity index (χ1) is 8.90. The largest absolute Gasteiger partial charge is 0.478 e. The maximum Gasteiger partial charge on any atom is 0.339 e. The molecule has 3 N–H and O–H groups in total. The lowest BCUT2D eigenvalue weighted by Gasteiger charge is -2.02. The van der Waals surface area contributed by atoms with Gasteiger partial charge in [-0.1, -0.05) is 0 Å². The summed E-state index contributed by atoms with van der Waals surface area (Å²) in [5.41, 5.74) is 0.829. The molecule has 0 aliphatic heterocycles. The summed E-state index contributed by atoms with van der Waals surface area (Å²) in [5.74, 6) is -1.43. The van der Waals surface area contributed by atoms with E-state index >= 15 is 0 Å². The highest BCUT2D eigenvalue weighted by atomic mass is 79.9. The first kappa shape index (κ1) is 14.3. The van der Waals surface area contributed by atoms with Gasteiger partial charge in [0.05, 0.1) is 14.4 Å². The second-order valence-corrected chi connectivity index (χ2v) is 6.92. The number of H-pyrrole nitrogens is 1. The zero-order chi connectivity index (χ0) is 14.2. The van der Waals surface area contributed by atoms with Gasteiger partial charge in [0.15, 0.2) is 0 Å². The number of nitrogens with one attached hydrogen (secondary N) is 2. The number of aryl methyl sites for hydroxylation is 1. The van der Waals surface area contributed by atoms with Crippen LogP contribution >= 0.6 is 43.2 Å². The van der Waals surface area contributed by atoms with E-state index in [-0.39, 0.29) is 17.2 Å². The molecule has 1 amide bonds. The summed E-state index contributed by atoms with van der Waals surface area (Å²) in [5, 5.41) is 11.7. The monoisotopic (exact) mass is 406 g/mol. The average Bonchev–Trinajstić information content (AvgIpc) is 2.84. The van der Waals surface area contributed by atoms with Crippen molar-refractivity contribution in [3.05, 3.63) is 36.7 Å². The Morgan fingerprint density at radius 3 is 2.63 bits per heavy atom. The van der Waals surface area contributed by atoms with Gasteiger partial charge in [-0.25, -0.2) is 4.79 Å². The summed E-state index contributed by atoms with van der Waals surface area (Å²) in [6.45, 7) is 1.64. The highest BCUT2D eigenvalue weighted by molar-refractivity contribution is 9.13. The number of rotatable bonds is 3. The lowest BCUT2D eigenvalue weighted by molar-refractivity contribution is 0.0697. The van der Waals surface area contributed by atoms with Crippen molar-refractivity contribution in [2.75, 3.05) is 5.32 Å². The fraction of sp³-hybridized carbons (Fsp3) is 0.0909. The average molecular weight is 408 g/mol. The molecule has 100 valence electrons. The van der Waals surface area contributed by atoms with E-state index in [9.17, 15) is 9.59 Å². The van der Waals surface area contributed by atoms with Crippen molar-refractivity contribution >= 4 is 60.8 Å². The molecule has 0 unspecified atom stereocenters. The van der Waals surface area contributed by atoms with Gasteiger partial charge in [-0.05, 0) is 44.8 Å². The fourth-order valence-electron chi connectivity index (χ4n) is 1.54. The molecule has 0 fully saturated rings. The minimum atomic E-state index is -1.08. The third kappa shape index (κ3) is 2.90. The zero-order valence-electron chi connectivity index (χ0n) is 9.58. The van der Waals surface area contributed by atoms with Crippen LogP contribution in [0, 0.1) is 6.92 Å². The van der Waals surface area contributed by atoms with E-state index in [4.69, 9.17) is 5.11 Å². The number of thiophene rings is 1. The number of carbonyl (C=O) groups is 2. The summed E-state index contributed by atoms with van der Waals surface area (Å²) in [6.07, 6.45) is 1.47. The van der Waals surface area contributed by atoms with Crippen LogP contribution in [0.5, 0.6) is 0 Å². The van der Waals surface area contributed by atoms with E-state index in [1.807, 2.05) is 0 Å². The van der Waals surface area contributed by atoms with Crippen molar-refractivity contribution in [3.8, 4) is 0 Å². The third-order valence-corrected chi connectivity index (χ3v) is 5.66. The maximum atomic E-state index is 12.0. The second-order valence-electron chi connectivity index (χ2n) is 3.69. The Morgan fingerprint density at radius 1 is 1.42 bits per heavy atom. The topological polar surface area (TPSA) is 82.2 Å². The number of hydrogen-bond acceptors (Lipinski definition) is 3. The van der Waals surface area contributed by atoms with Gasteiger partial charge in [0, 0.05) is 16.4 Å². The molecule has 0 bridgehead atoms. The molecule has 0 aliphatic carbocycles. The number of hydrogen-bond donors (Lipinski definition) is 3. The number of anilines is 1. The summed E-state index contributed by atoms with van der Waals surface area (Å²) < 4.78 is 1.59. The van der Waals surface area contributed by atoms with E-state index < -0.39 is 5.97 Å². The highest BCUT2D eigenvalue weighted by Gasteiger charge is 2.19. The van der Waals surface area contributed by atoms with Crippen LogP contribution in [0.25, 0.3) is 0 Å². The van der Waals surface area contributed by atoms with Gasteiger partial charge in [0.2, 0.25) is 0 Å². The quantitative estimate of drug-likeness (QED) is 0.722. The van der Waals surface area contributed by atoms with E-state index in [1.54, 1.807) is 13.0 Å². The summed E-state index contributed by atoms with van der Waals surface area (Å²) in [6, 6.07) is 1.67. The summed E-state index contributed by atoms with van der Waals surface area (Å²) in [7, 11) is 0. The minimum absolute atomic E-state index is 0.0723. The van der Waals surface area contributed by atoms with Crippen LogP contribution in [-0.4, -0.2) is 22.0 Å². The summed E-state index contributed by atoms with van der Waals surface area (Å²) in [4.78, 5) is 26.4. The number of carbonyl (C=O) groups excluding carboxylic acids is 1. The minimum Gasteiger partial charge on any atom is -0.478 e. The van der Waals surface area contributed by atoms with Crippen molar-refractivity contribution in [3.63, 3.8) is 0 Å². The molecule has 0 saturated heterocycles. The van der Waals surface area contributed by atoms with Gasteiger partial charge in [-0.15, -0.1) is 11.3 Å². The van der Waals surface area contributed by atoms with Crippen LogP contribution in [0.3, 0.4) is 0 Å². The van der Waals surface area contributed by atoms with Crippen molar-refractivity contribution in [1.29, 1.82) is 0 Å². The van der Waals surface area contributed by atoms with Gasteiger partial charge in [-0.3, -0.25) is 4.79 Å². The molecule has 0 aromatic carbocycles. The van der Waals surface area contributed by atoms with Crippen LogP contribution < -0.4 is 5.32 Å². The van der Waals surface area contributed by atoms with Gasteiger partial charge < -0.3 is 15.4 Å². The number of amides is 1. The maximum absolute atomic E-state index is 12.0. The Bertz CT molecular complexity index is 643. The van der Waals surface area contributed by atoms with Gasteiger partial charge in [-0.2, -0.15) is 0 Å². The molecule has 0 atom stereocenters. The predicted molar refractivity (Wildman–Crippen MR) is 80.2 cm³/mol. The SMILES string of the molecule is Cc1[nH]cc(NC(=O)c2cc(Br)c(Br)s2)c1C(=O)O. The lowest BCUT2D eigenvalue weighted by atomic mass is 10.2. The van der Waals surface area contributed by atoms with Crippen LogP contribution in [0.1, 0.15) is 25.7 Å². The Balaban J connectivity index is 2.27. The molecule has 19 heavy (non-hydrogen) atoms. The number of carboxylic acids is 1. The summed E-state index contributed by atoms with van der Waals surface area (Å²) >= 11 is 7.86. The van der Waals surface area contributed by atoms with Crippen LogP contribution in [0.4, 0.5) is 5.69 Å². The van der Waals surface area contributed by atoms with Crippen molar-refractivity contribution in [1.82, 2.24) is 4.98 Å². The number of aromatic nitrogens is 1. The second kappa shape index (κ2) is 5.48. The fourth-order valence-corrected chi connectivity index (χ4v) is 3.47. The number of aromatic carboxylic acids is 1. The molecular formula is C11H8Br2N2O3S. The first-order valence-corrected chi connectivity index (χ1v) is 7.48. The van der Waals surface area contributed by atoms with Crippen LogP contribution in [0.2, 0.25) is 0 Å². The van der Waals surface area contributed by atoms with E-state index in [2.05, 4.69) is 42.2 Å². The van der Waals surface area contributed by atoms with Gasteiger partial charge in [0.25, 0.3) is 5.91 Å². The first-order valence-electron chi connectivity index (χ1n) is 5.07.